The molecule has 5 radical (unpaired) electrons. The van der Waals surface area contributed by atoms with Crippen molar-refractivity contribution < 1.29 is 46.1 Å². The van der Waals surface area contributed by atoms with Crippen molar-refractivity contribution in [2.75, 3.05) is 0 Å². The van der Waals surface area contributed by atoms with Crippen LogP contribution < -0.4 is 4.68 Å². The summed E-state index contributed by atoms with van der Waals surface area (Å²) in [7, 11) is -5.74. The summed E-state index contributed by atoms with van der Waals surface area (Å²) >= 11 is 0. The van der Waals surface area contributed by atoms with Crippen molar-refractivity contribution in [2.45, 2.75) is 64.1 Å². The molecule has 0 unspecified atom stereocenters. The number of hydrogen-bond donors (Lipinski definition) is 0. The summed E-state index contributed by atoms with van der Waals surface area (Å²) in [5.41, 5.74) is 4.86. The molecule has 231 valence electrons. The van der Waals surface area contributed by atoms with Crippen LogP contribution in [0.3, 0.4) is 0 Å². The van der Waals surface area contributed by atoms with Crippen LogP contribution in [0.25, 0.3) is 0 Å². The number of hydrogen-bond acceptors (Lipinski definition) is 0. The first-order valence-electron chi connectivity index (χ1n) is 13.7. The third-order valence-electron chi connectivity index (χ3n) is 6.23. The second kappa shape index (κ2) is 20.8. The van der Waals surface area contributed by atoms with Crippen LogP contribution in [0.1, 0.15) is 52.7 Å². The van der Waals surface area contributed by atoms with Crippen molar-refractivity contribution in [1.29, 1.82) is 0 Å². The summed E-state index contributed by atoms with van der Waals surface area (Å²) in [5.74, 6) is 0. The standard InChI is InChI=1S/C18H14N2.C9H21P.C5H5.CO.BF4.Ru/c1-3-8-16(9-4-1)18(17-10-5-2-6-11-17)12-15-19-13-7-14-20(18)19;1-7(2)10(8(3)4)9(5)6;1-2-4-5-3-1;1-2;2-1(3,4)5;/h1-14H;7-9H,1-6H3;1-5H;;;/q;;;;-1;+2. The van der Waals surface area contributed by atoms with E-state index in [-0.39, 0.29) is 32.9 Å². The van der Waals surface area contributed by atoms with Crippen molar-refractivity contribution in [3.8, 4) is 0 Å². The molecule has 0 saturated heterocycles. The Morgan fingerprint density at radius 2 is 1.07 bits per heavy atom. The van der Waals surface area contributed by atoms with Gasteiger partial charge in [-0.25, -0.2) is 4.68 Å². The molecule has 0 bridgehead atoms. The summed E-state index contributed by atoms with van der Waals surface area (Å²) in [6.07, 6.45) is 19.6. The predicted molar refractivity (Wildman–Crippen MR) is 165 cm³/mol. The van der Waals surface area contributed by atoms with Crippen LogP contribution in [-0.4, -0.2) is 28.9 Å². The van der Waals surface area contributed by atoms with Crippen LogP contribution in [-0.2, 0) is 29.7 Å². The molecule has 0 atom stereocenters. The van der Waals surface area contributed by atoms with Crippen molar-refractivity contribution >= 4 is 15.2 Å². The van der Waals surface area contributed by atoms with Gasteiger partial charge in [0.1, 0.15) is 0 Å². The maximum Gasteiger partial charge on any atom is 2.00 e. The molecule has 0 amide bonds. The van der Waals surface area contributed by atoms with Gasteiger partial charge in [-0.1, -0.05) is 122 Å². The van der Waals surface area contributed by atoms with E-state index in [1.54, 1.807) is 0 Å². The molecule has 1 aromatic heterocycles. The zero-order chi connectivity index (χ0) is 31.8. The van der Waals surface area contributed by atoms with Gasteiger partial charge in [-0.2, -0.15) is 4.68 Å². The Balaban J connectivity index is 0.000000644. The van der Waals surface area contributed by atoms with Crippen molar-refractivity contribution in [2.24, 2.45) is 0 Å². The van der Waals surface area contributed by atoms with Gasteiger partial charge in [-0.15, -0.1) is 0 Å². The molecule has 2 heterocycles. The Hall–Kier alpha value is -2.03. The van der Waals surface area contributed by atoms with E-state index < -0.39 is 7.25 Å². The molecule has 43 heavy (non-hydrogen) atoms. The van der Waals surface area contributed by atoms with E-state index in [0.29, 0.717) is 0 Å². The number of rotatable bonds is 5. The zero-order valence-corrected chi connectivity index (χ0v) is 28.0. The molecule has 1 aliphatic carbocycles. The average Bonchev–Trinajstić information content (AvgIpc) is 3.71. The summed E-state index contributed by atoms with van der Waals surface area (Å²) in [4.78, 5) is 0. The zero-order valence-electron chi connectivity index (χ0n) is 25.4. The molecule has 1 fully saturated rings. The molecular weight excluding hydrogens is 659 g/mol. The summed E-state index contributed by atoms with van der Waals surface area (Å²) in [5, 5.41) is 0. The topological polar surface area (TPSA) is 28.7 Å². The van der Waals surface area contributed by atoms with Gasteiger partial charge in [0.2, 0.25) is 0 Å². The normalized spacial score (nSPS) is 14.2. The van der Waals surface area contributed by atoms with Crippen molar-refractivity contribution in [3.05, 3.63) is 141 Å². The molecule has 3 aromatic rings. The number of aromatic nitrogens is 2. The average molecular weight is 700 g/mol. The Morgan fingerprint density at radius 1 is 0.721 bits per heavy atom. The number of benzene rings is 2. The first kappa shape index (κ1) is 41.0. The Labute approximate surface area is 270 Å². The van der Waals surface area contributed by atoms with E-state index in [0.717, 1.165) is 17.0 Å². The van der Waals surface area contributed by atoms with Gasteiger partial charge in [0.05, 0.1) is 12.4 Å². The van der Waals surface area contributed by atoms with Crippen LogP contribution in [0.2, 0.25) is 0 Å². The fraction of sp³-hybridized carbons (Fsp3) is 0.303. The molecule has 0 spiro atoms. The summed E-state index contributed by atoms with van der Waals surface area (Å²) in [6.45, 7) is 18.6. The third-order valence-corrected chi connectivity index (χ3v) is 9.80. The summed E-state index contributed by atoms with van der Waals surface area (Å²) in [6, 6.07) is 23.1. The number of fused-ring (bicyclic) bond motifs is 1. The minimum Gasteiger partial charge on any atom is -0.243 e. The molecule has 5 rings (SSSR count). The number of halogens is 4. The Bertz CT molecular complexity index is 1110. The molecule has 1 saturated carbocycles. The largest absolute Gasteiger partial charge is 2.00 e. The van der Waals surface area contributed by atoms with Gasteiger partial charge in [0.25, 0.3) is 0 Å². The van der Waals surface area contributed by atoms with E-state index in [9.17, 15) is 17.3 Å². The van der Waals surface area contributed by atoms with Crippen LogP contribution in [0, 0.1) is 45.0 Å². The third kappa shape index (κ3) is 13.7. The maximum atomic E-state index is 9.75. The Kier molecular flexibility index (Phi) is 19.9. The van der Waals surface area contributed by atoms with Crippen LogP contribution in [0.5, 0.6) is 0 Å². The van der Waals surface area contributed by atoms with Crippen molar-refractivity contribution in [3.63, 3.8) is 0 Å². The fourth-order valence-electron chi connectivity index (χ4n) is 5.06. The molecule has 3 nitrogen and oxygen atoms in total. The smallest absolute Gasteiger partial charge is 0.243 e. The molecule has 1 aliphatic heterocycles. The van der Waals surface area contributed by atoms with Crippen LogP contribution in [0.15, 0.2) is 85.2 Å². The van der Waals surface area contributed by atoms with Gasteiger partial charge in [0, 0.05) is 6.20 Å². The number of allylic oxidation sites excluding steroid dienone is 1. The molecule has 10 heteroatoms. The first-order chi connectivity index (χ1) is 19.9. The summed E-state index contributed by atoms with van der Waals surface area (Å²) < 4.78 is 50.7. The minimum absolute atomic E-state index is 0. The van der Waals surface area contributed by atoms with E-state index in [4.69, 9.17) is 4.65 Å². The van der Waals surface area contributed by atoms with Crippen molar-refractivity contribution in [1.82, 2.24) is 4.68 Å². The van der Waals surface area contributed by atoms with Gasteiger partial charge < -0.3 is 17.3 Å². The monoisotopic (exact) mass is 700 g/mol. The molecular formula is C33H40BF4N2OPRu+. The van der Waals surface area contributed by atoms with E-state index in [1.807, 2.05) is 61.2 Å². The first-order valence-corrected chi connectivity index (χ1v) is 15.3. The second-order valence-corrected chi connectivity index (χ2v) is 14.1. The minimum atomic E-state index is -6.00. The van der Waals surface area contributed by atoms with E-state index in [1.165, 1.54) is 11.1 Å². The quantitative estimate of drug-likeness (QED) is 0.0637. The SMILES string of the molecule is CC(C)P(C(C)C)C(C)C.F[B-](F)(F)F.[C-]#[O+].[C-]1=CC(c2ccccc2)(c2ccccc2)n2ccc[n+]21.[CH]1[CH][CH][CH][CH]1.[Ru+2]. The van der Waals surface area contributed by atoms with Gasteiger partial charge in [-0.3, -0.25) is 0 Å². The predicted octanol–water partition coefficient (Wildman–Crippen LogP) is 8.72. The Morgan fingerprint density at radius 3 is 1.37 bits per heavy atom. The van der Waals surface area contributed by atoms with E-state index in [2.05, 4.69) is 120 Å². The molecule has 0 N–H and O–H groups in total. The molecule has 2 aliphatic rings. The second-order valence-electron chi connectivity index (χ2n) is 10.1. The van der Waals surface area contributed by atoms with Gasteiger partial charge in [0.15, 0.2) is 5.54 Å². The fourth-order valence-corrected chi connectivity index (χ4v) is 8.63. The number of nitrogens with zero attached hydrogens (tertiary/aromatic N) is 2. The van der Waals surface area contributed by atoms with Crippen LogP contribution >= 0.6 is 7.92 Å². The maximum absolute atomic E-state index is 9.75. The van der Waals surface area contributed by atoms with Gasteiger partial charge in [-0.05, 0) is 60.2 Å². The van der Waals surface area contributed by atoms with E-state index >= 15 is 0 Å². The molecule has 2 aromatic carbocycles. The van der Waals surface area contributed by atoms with Crippen LogP contribution in [0.4, 0.5) is 17.3 Å². The van der Waals surface area contributed by atoms with Gasteiger partial charge >= 0.3 is 38.0 Å².